The summed E-state index contributed by atoms with van der Waals surface area (Å²) in [5, 5.41) is 9.97. The second-order valence-electron chi connectivity index (χ2n) is 3.49. The minimum atomic E-state index is -0.861. The van der Waals surface area contributed by atoms with Gasteiger partial charge in [-0.1, -0.05) is 28.6 Å². The van der Waals surface area contributed by atoms with Gasteiger partial charge in [0.2, 0.25) is 0 Å². The molecule has 0 bridgehead atoms. The number of aromatic carboxylic acids is 1. The van der Waals surface area contributed by atoms with Crippen LogP contribution in [-0.2, 0) is 0 Å². The number of carbonyl (C=O) groups is 1. The molecule has 0 spiro atoms. The largest absolute Gasteiger partial charge is 0.478 e. The fourth-order valence-electron chi connectivity index (χ4n) is 1.11. The number of rotatable bonds is 3. The summed E-state index contributed by atoms with van der Waals surface area (Å²) < 4.78 is 0. The van der Waals surface area contributed by atoms with Gasteiger partial charge in [-0.2, -0.15) is 0 Å². The zero-order valence-electron chi connectivity index (χ0n) is 8.45. The molecule has 1 aromatic carbocycles. The summed E-state index contributed by atoms with van der Waals surface area (Å²) in [6.45, 7) is 4.16. The van der Waals surface area contributed by atoms with E-state index in [1.54, 1.807) is 12.1 Å². The molecular weight excluding hydrogens is 192 g/mol. The summed E-state index contributed by atoms with van der Waals surface area (Å²) in [5.74, 6) is -0.861. The molecule has 0 unspecified atom stereocenters. The Morgan fingerprint density at radius 2 is 1.86 bits per heavy atom. The molecule has 0 amide bonds. The van der Waals surface area contributed by atoms with E-state index in [0.29, 0.717) is 5.56 Å². The van der Waals surface area contributed by atoms with E-state index >= 15 is 0 Å². The lowest BCUT2D eigenvalue weighted by atomic mass is 10.2. The van der Waals surface area contributed by atoms with Gasteiger partial charge in [0.25, 0.3) is 0 Å². The number of benzene rings is 1. The Labute approximate surface area is 86.1 Å². The van der Waals surface area contributed by atoms with E-state index in [0.717, 1.165) is 0 Å². The molecule has 0 fully saturated rings. The normalized spacial score (nSPS) is 10.4. The summed E-state index contributed by atoms with van der Waals surface area (Å²) in [4.78, 5) is 10.6. The van der Waals surface area contributed by atoms with Crippen LogP contribution in [0.15, 0.2) is 35.5 Å². The van der Waals surface area contributed by atoms with E-state index in [1.165, 1.54) is 10.8 Å². The van der Waals surface area contributed by atoms with Crippen molar-refractivity contribution in [3.63, 3.8) is 0 Å². The van der Waals surface area contributed by atoms with Gasteiger partial charge in [0, 0.05) is 0 Å². The molecule has 0 aliphatic rings. The van der Waals surface area contributed by atoms with Crippen LogP contribution < -0.4 is 5.19 Å². The van der Waals surface area contributed by atoms with Crippen molar-refractivity contribution < 1.29 is 9.90 Å². The Kier molecular flexibility index (Phi) is 3.65. The van der Waals surface area contributed by atoms with E-state index in [4.69, 9.17) is 5.11 Å². The van der Waals surface area contributed by atoms with Crippen molar-refractivity contribution in [2.45, 2.75) is 13.8 Å². The van der Waals surface area contributed by atoms with E-state index in [-0.39, 0.29) is 9.52 Å². The molecule has 0 aromatic heterocycles. The molecule has 74 valence electrons. The van der Waals surface area contributed by atoms with Crippen LogP contribution in [0.5, 0.6) is 0 Å². The third-order valence-electron chi connectivity index (χ3n) is 1.95. The molecule has 1 N–H and O–H groups in total. The van der Waals surface area contributed by atoms with Gasteiger partial charge in [-0.3, -0.25) is 0 Å². The molecule has 3 heteroatoms. The maximum atomic E-state index is 10.6. The van der Waals surface area contributed by atoms with Crippen molar-refractivity contribution in [3.05, 3.63) is 41.1 Å². The Morgan fingerprint density at radius 1 is 1.29 bits per heavy atom. The second kappa shape index (κ2) is 4.76. The predicted octanol–water partition coefficient (Wildman–Crippen LogP) is 1.10. The highest BCUT2D eigenvalue weighted by Crippen LogP contribution is 1.96. The number of hydrogen-bond donors (Lipinski definition) is 1. The van der Waals surface area contributed by atoms with Crippen molar-refractivity contribution >= 4 is 20.7 Å². The SMILES string of the molecule is CC(C)=C[SiH2]c1ccc(C(=O)O)cc1. The molecule has 1 aromatic rings. The molecule has 0 saturated heterocycles. The van der Waals surface area contributed by atoms with Crippen LogP contribution in [0.2, 0.25) is 0 Å². The van der Waals surface area contributed by atoms with Crippen molar-refractivity contribution in [3.8, 4) is 0 Å². The highest BCUT2D eigenvalue weighted by molar-refractivity contribution is 6.58. The fraction of sp³-hybridized carbons (Fsp3) is 0.182. The maximum absolute atomic E-state index is 10.6. The van der Waals surface area contributed by atoms with Crippen LogP contribution in [0.1, 0.15) is 24.2 Å². The minimum Gasteiger partial charge on any atom is -0.478 e. The fourth-order valence-corrected chi connectivity index (χ4v) is 2.26. The van der Waals surface area contributed by atoms with Crippen molar-refractivity contribution in [2.24, 2.45) is 0 Å². The van der Waals surface area contributed by atoms with E-state index < -0.39 is 5.97 Å². The quantitative estimate of drug-likeness (QED) is 0.752. The van der Waals surface area contributed by atoms with E-state index in [1.807, 2.05) is 12.1 Å². The van der Waals surface area contributed by atoms with Gasteiger partial charge in [0.1, 0.15) is 0 Å². The van der Waals surface area contributed by atoms with Gasteiger partial charge < -0.3 is 5.11 Å². The Bertz CT molecular complexity index is 348. The van der Waals surface area contributed by atoms with Gasteiger partial charge in [0.15, 0.2) is 0 Å². The summed E-state index contributed by atoms with van der Waals surface area (Å²) in [6, 6.07) is 7.16. The van der Waals surface area contributed by atoms with E-state index in [2.05, 4.69) is 19.5 Å². The van der Waals surface area contributed by atoms with Crippen LogP contribution in [0.25, 0.3) is 0 Å². The van der Waals surface area contributed by atoms with Crippen LogP contribution in [0, 0.1) is 0 Å². The topological polar surface area (TPSA) is 37.3 Å². The summed E-state index contributed by atoms with van der Waals surface area (Å²) in [5.41, 5.74) is 3.95. The van der Waals surface area contributed by atoms with Crippen molar-refractivity contribution in [1.29, 1.82) is 0 Å². The lowest BCUT2D eigenvalue weighted by molar-refractivity contribution is 0.0697. The molecule has 0 atom stereocenters. The first-order valence-electron chi connectivity index (χ1n) is 4.55. The molecule has 0 aliphatic heterocycles. The Morgan fingerprint density at radius 3 is 2.29 bits per heavy atom. The first kappa shape index (κ1) is 10.7. The standard InChI is InChI=1S/C11H14O2Si/c1-8(2)7-14-10-5-3-9(4-6-10)11(12)13/h3-7H,14H2,1-2H3,(H,12,13). The number of allylic oxidation sites excluding steroid dienone is 1. The molecule has 1 rings (SSSR count). The highest BCUT2D eigenvalue weighted by Gasteiger charge is 2.00. The smallest absolute Gasteiger partial charge is 0.335 e. The number of hydrogen-bond acceptors (Lipinski definition) is 1. The van der Waals surface area contributed by atoms with Gasteiger partial charge in [-0.15, -0.1) is 0 Å². The lowest BCUT2D eigenvalue weighted by Crippen LogP contribution is -2.12. The highest BCUT2D eigenvalue weighted by atomic mass is 28.2. The number of carboxylic acid groups (broad SMARTS) is 1. The third-order valence-corrected chi connectivity index (χ3v) is 3.91. The summed E-state index contributed by atoms with van der Waals surface area (Å²) in [7, 11) is -0.354. The molecule has 14 heavy (non-hydrogen) atoms. The van der Waals surface area contributed by atoms with Gasteiger partial charge in [-0.05, 0) is 26.0 Å². The first-order valence-corrected chi connectivity index (χ1v) is 6.07. The molecule has 0 heterocycles. The lowest BCUT2D eigenvalue weighted by Gasteiger charge is -1.98. The zero-order chi connectivity index (χ0) is 10.6. The molecule has 0 saturated carbocycles. The zero-order valence-corrected chi connectivity index (χ0v) is 9.86. The maximum Gasteiger partial charge on any atom is 0.335 e. The Balaban J connectivity index is 2.74. The van der Waals surface area contributed by atoms with Crippen molar-refractivity contribution in [1.82, 2.24) is 0 Å². The van der Waals surface area contributed by atoms with E-state index in [9.17, 15) is 4.79 Å². The van der Waals surface area contributed by atoms with Gasteiger partial charge >= 0.3 is 5.97 Å². The average Bonchev–Trinajstić information content (AvgIpc) is 2.15. The first-order chi connectivity index (χ1) is 6.59. The third kappa shape index (κ3) is 3.18. The second-order valence-corrected chi connectivity index (χ2v) is 5.12. The van der Waals surface area contributed by atoms with Crippen LogP contribution >= 0.6 is 0 Å². The minimum absolute atomic E-state index is 0.354. The Hall–Kier alpha value is -1.35. The van der Waals surface area contributed by atoms with Crippen molar-refractivity contribution in [2.75, 3.05) is 0 Å². The van der Waals surface area contributed by atoms with Crippen LogP contribution in [0.4, 0.5) is 0 Å². The van der Waals surface area contributed by atoms with Crippen LogP contribution in [0.3, 0.4) is 0 Å². The molecule has 0 aliphatic carbocycles. The monoisotopic (exact) mass is 206 g/mol. The van der Waals surface area contributed by atoms with Gasteiger partial charge in [-0.25, -0.2) is 4.79 Å². The number of carboxylic acids is 1. The molecular formula is C11H14O2Si. The molecule has 2 nitrogen and oxygen atoms in total. The molecule has 0 radical (unpaired) electrons. The summed E-state index contributed by atoms with van der Waals surface area (Å²) in [6.07, 6.45) is 0. The van der Waals surface area contributed by atoms with Gasteiger partial charge in [0.05, 0.1) is 15.1 Å². The predicted molar refractivity (Wildman–Crippen MR) is 61.0 cm³/mol. The van der Waals surface area contributed by atoms with Crippen LogP contribution in [-0.4, -0.2) is 20.6 Å². The average molecular weight is 206 g/mol. The summed E-state index contributed by atoms with van der Waals surface area (Å²) >= 11 is 0.